The third-order valence-corrected chi connectivity index (χ3v) is 5.03. The van der Waals surface area contributed by atoms with Crippen LogP contribution in [-0.2, 0) is 0 Å². The summed E-state index contributed by atoms with van der Waals surface area (Å²) in [5, 5.41) is 4.42. The molecule has 34 heavy (non-hydrogen) atoms. The van der Waals surface area contributed by atoms with Crippen molar-refractivity contribution in [2.24, 2.45) is 16.0 Å². The number of rotatable bonds is 8. The molecule has 0 spiro atoms. The summed E-state index contributed by atoms with van der Waals surface area (Å²) < 4.78 is 11.3. The van der Waals surface area contributed by atoms with Crippen molar-refractivity contribution in [3.8, 4) is 11.5 Å². The van der Waals surface area contributed by atoms with Crippen LogP contribution < -0.4 is 14.9 Å². The van der Waals surface area contributed by atoms with E-state index in [-0.39, 0.29) is 0 Å². The van der Waals surface area contributed by atoms with Gasteiger partial charge in [0.25, 0.3) is 0 Å². The van der Waals surface area contributed by atoms with Crippen LogP contribution in [0.15, 0.2) is 76.8 Å². The quantitative estimate of drug-likeness (QED) is 0.205. The number of aromatic amines is 1. The highest BCUT2D eigenvalue weighted by molar-refractivity contribution is 6.00. The lowest BCUT2D eigenvalue weighted by molar-refractivity contribution is 0.257. The zero-order chi connectivity index (χ0) is 23.9. The maximum Gasteiger partial charge on any atom is 0.190 e. The topological polar surface area (TPSA) is 83.9 Å². The number of amidine groups is 1. The van der Waals surface area contributed by atoms with E-state index in [9.17, 15) is 0 Å². The third kappa shape index (κ3) is 5.81. The first kappa shape index (κ1) is 23.0. The SMILES string of the molecule is COc1cc(/C=N/NC(=Nc2ccc(C)cc2)c2nc3ccccc3[nH]2)ccc1OCC(C)C. The molecule has 7 nitrogen and oxygen atoms in total. The zero-order valence-electron chi connectivity index (χ0n) is 19.9. The van der Waals surface area contributed by atoms with Crippen LogP contribution in [0, 0.1) is 12.8 Å². The van der Waals surface area contributed by atoms with Gasteiger partial charge in [0.05, 0.1) is 36.7 Å². The lowest BCUT2D eigenvalue weighted by Gasteiger charge is -2.12. The smallest absolute Gasteiger partial charge is 0.190 e. The van der Waals surface area contributed by atoms with Crippen LogP contribution in [0.5, 0.6) is 11.5 Å². The Labute approximate surface area is 199 Å². The van der Waals surface area contributed by atoms with Gasteiger partial charge < -0.3 is 14.5 Å². The summed E-state index contributed by atoms with van der Waals surface area (Å²) in [7, 11) is 1.63. The lowest BCUT2D eigenvalue weighted by Crippen LogP contribution is -2.20. The minimum Gasteiger partial charge on any atom is -0.493 e. The lowest BCUT2D eigenvalue weighted by atomic mass is 10.2. The molecule has 1 heterocycles. The van der Waals surface area contributed by atoms with Gasteiger partial charge in [0.15, 0.2) is 23.2 Å². The molecule has 7 heteroatoms. The van der Waals surface area contributed by atoms with Crippen LogP contribution >= 0.6 is 0 Å². The van der Waals surface area contributed by atoms with E-state index in [1.807, 2.05) is 73.7 Å². The van der Waals surface area contributed by atoms with Gasteiger partial charge in [0, 0.05) is 0 Å². The van der Waals surface area contributed by atoms with E-state index in [0.29, 0.717) is 35.7 Å². The van der Waals surface area contributed by atoms with Crippen LogP contribution in [0.3, 0.4) is 0 Å². The average molecular weight is 456 g/mol. The first-order chi connectivity index (χ1) is 16.5. The fourth-order valence-electron chi connectivity index (χ4n) is 3.25. The van der Waals surface area contributed by atoms with Crippen molar-refractivity contribution < 1.29 is 9.47 Å². The molecule has 4 rings (SSSR count). The second-order valence-corrected chi connectivity index (χ2v) is 8.38. The minimum absolute atomic E-state index is 0.430. The number of hydrogen-bond donors (Lipinski definition) is 2. The highest BCUT2D eigenvalue weighted by atomic mass is 16.5. The number of imidazole rings is 1. The molecule has 0 fully saturated rings. The maximum absolute atomic E-state index is 5.83. The number of hydrazone groups is 1. The van der Waals surface area contributed by atoms with Gasteiger partial charge in [0.1, 0.15) is 0 Å². The highest BCUT2D eigenvalue weighted by Crippen LogP contribution is 2.28. The summed E-state index contributed by atoms with van der Waals surface area (Å²) in [4.78, 5) is 12.7. The van der Waals surface area contributed by atoms with Gasteiger partial charge in [-0.2, -0.15) is 5.10 Å². The molecule has 0 aliphatic rings. The Bertz CT molecular complexity index is 1270. The molecule has 0 aliphatic carbocycles. The Morgan fingerprint density at radius 1 is 1.06 bits per heavy atom. The van der Waals surface area contributed by atoms with E-state index in [0.717, 1.165) is 22.3 Å². The number of aryl methyl sites for hydroxylation is 1. The third-order valence-electron chi connectivity index (χ3n) is 5.03. The summed E-state index contributed by atoms with van der Waals surface area (Å²) in [6, 6.07) is 21.5. The van der Waals surface area contributed by atoms with Gasteiger partial charge >= 0.3 is 0 Å². The van der Waals surface area contributed by atoms with E-state index in [2.05, 4.69) is 34.3 Å². The molecule has 0 bridgehead atoms. The first-order valence-corrected chi connectivity index (χ1v) is 11.2. The molecule has 0 aliphatic heterocycles. The van der Waals surface area contributed by atoms with Crippen molar-refractivity contribution in [1.29, 1.82) is 0 Å². The van der Waals surface area contributed by atoms with Crippen molar-refractivity contribution >= 4 is 28.8 Å². The van der Waals surface area contributed by atoms with Gasteiger partial charge in [-0.25, -0.2) is 9.98 Å². The summed E-state index contributed by atoms with van der Waals surface area (Å²) in [5.41, 5.74) is 7.68. The van der Waals surface area contributed by atoms with Gasteiger partial charge in [-0.1, -0.05) is 43.7 Å². The predicted molar refractivity (Wildman–Crippen MR) is 138 cm³/mol. The Morgan fingerprint density at radius 2 is 1.85 bits per heavy atom. The molecule has 2 N–H and O–H groups in total. The second kappa shape index (κ2) is 10.7. The second-order valence-electron chi connectivity index (χ2n) is 8.38. The number of H-pyrrole nitrogens is 1. The number of fused-ring (bicyclic) bond motifs is 1. The van der Waals surface area contributed by atoms with Crippen LogP contribution in [-0.4, -0.2) is 35.7 Å². The Balaban J connectivity index is 1.58. The molecule has 0 atom stereocenters. The zero-order valence-corrected chi connectivity index (χ0v) is 19.9. The number of benzene rings is 3. The van der Waals surface area contributed by atoms with E-state index < -0.39 is 0 Å². The fraction of sp³-hybridized carbons (Fsp3) is 0.222. The summed E-state index contributed by atoms with van der Waals surface area (Å²) >= 11 is 0. The normalized spacial score (nSPS) is 12.0. The van der Waals surface area contributed by atoms with Crippen LogP contribution in [0.2, 0.25) is 0 Å². The number of nitrogens with zero attached hydrogens (tertiary/aromatic N) is 3. The van der Waals surface area contributed by atoms with Crippen LogP contribution in [0.25, 0.3) is 11.0 Å². The van der Waals surface area contributed by atoms with Crippen molar-refractivity contribution in [2.75, 3.05) is 13.7 Å². The number of nitrogens with one attached hydrogen (secondary N) is 2. The molecular formula is C27H29N5O2. The molecular weight excluding hydrogens is 426 g/mol. The van der Waals surface area contributed by atoms with E-state index >= 15 is 0 Å². The minimum atomic E-state index is 0.430. The molecule has 0 radical (unpaired) electrons. The number of hydrogen-bond acceptors (Lipinski definition) is 5. The van der Waals surface area contributed by atoms with E-state index in [4.69, 9.17) is 14.5 Å². The fourth-order valence-corrected chi connectivity index (χ4v) is 3.25. The number of para-hydroxylation sites is 2. The number of aliphatic imine (C=N–C) groups is 1. The molecule has 3 aromatic carbocycles. The van der Waals surface area contributed by atoms with Gasteiger partial charge in [-0.15, -0.1) is 0 Å². The standard InChI is InChI=1S/C27H29N5O2/c1-18(2)17-34-24-14-11-20(15-25(24)33-4)16-28-32-27(29-21-12-9-19(3)10-13-21)26-30-22-7-5-6-8-23(22)31-26/h5-16,18H,17H2,1-4H3,(H,29,32)(H,30,31)/b28-16+. The number of ether oxygens (including phenoxy) is 2. The summed E-state index contributed by atoms with van der Waals surface area (Å²) in [6.45, 7) is 6.89. The molecule has 0 unspecified atom stereocenters. The van der Waals surface area contributed by atoms with Crippen molar-refractivity contribution in [1.82, 2.24) is 15.4 Å². The number of aromatic nitrogens is 2. The largest absolute Gasteiger partial charge is 0.493 e. The molecule has 174 valence electrons. The maximum atomic E-state index is 5.83. The van der Waals surface area contributed by atoms with Gasteiger partial charge in [-0.3, -0.25) is 5.43 Å². The average Bonchev–Trinajstić information content (AvgIpc) is 3.28. The van der Waals surface area contributed by atoms with Crippen molar-refractivity contribution in [2.45, 2.75) is 20.8 Å². The molecule has 0 saturated carbocycles. The highest BCUT2D eigenvalue weighted by Gasteiger charge is 2.10. The Hall–Kier alpha value is -4.13. The van der Waals surface area contributed by atoms with Crippen LogP contribution in [0.1, 0.15) is 30.8 Å². The monoisotopic (exact) mass is 455 g/mol. The molecule has 4 aromatic rings. The number of methoxy groups -OCH3 is 1. The first-order valence-electron chi connectivity index (χ1n) is 11.2. The van der Waals surface area contributed by atoms with E-state index in [1.54, 1.807) is 13.3 Å². The Morgan fingerprint density at radius 3 is 2.59 bits per heavy atom. The Kier molecular flexibility index (Phi) is 7.22. The van der Waals surface area contributed by atoms with E-state index in [1.165, 1.54) is 5.56 Å². The summed E-state index contributed by atoms with van der Waals surface area (Å²) in [6.07, 6.45) is 1.71. The predicted octanol–water partition coefficient (Wildman–Crippen LogP) is 5.62. The molecule has 0 amide bonds. The molecule has 1 aromatic heterocycles. The van der Waals surface area contributed by atoms with Crippen LogP contribution in [0.4, 0.5) is 5.69 Å². The summed E-state index contributed by atoms with van der Waals surface area (Å²) in [5.74, 6) is 2.93. The van der Waals surface area contributed by atoms with Crippen molar-refractivity contribution in [3.05, 3.63) is 83.7 Å². The van der Waals surface area contributed by atoms with Crippen molar-refractivity contribution in [3.63, 3.8) is 0 Å². The van der Waals surface area contributed by atoms with Gasteiger partial charge in [-0.05, 0) is 60.9 Å². The van der Waals surface area contributed by atoms with Gasteiger partial charge in [0.2, 0.25) is 0 Å². The molecule has 0 saturated heterocycles.